The second-order valence-corrected chi connectivity index (χ2v) is 3.74. The van der Waals surface area contributed by atoms with E-state index in [2.05, 4.69) is 10.6 Å². The topological polar surface area (TPSA) is 41.1 Å². The summed E-state index contributed by atoms with van der Waals surface area (Å²) in [5, 5.41) is 5.95. The number of rotatable bonds is 3. The molecule has 0 spiro atoms. The highest BCUT2D eigenvalue weighted by Crippen LogP contribution is 2.04. The maximum Gasteiger partial charge on any atom is 0.251 e. The zero-order chi connectivity index (χ0) is 10.7. The number of nitrogens with one attached hydrogen (secondary N) is 2. The summed E-state index contributed by atoms with van der Waals surface area (Å²) in [6.07, 6.45) is 0. The van der Waals surface area contributed by atoms with Crippen LogP contribution >= 0.6 is 12.4 Å². The standard InChI is InChI=1S/C11H13FN2O.ClH/c12-10-3-1-9(2-4-10)11(15)14-7-8-5-13-6-8;/h1-4,8,13H,5-7H2,(H,14,15);1H. The summed E-state index contributed by atoms with van der Waals surface area (Å²) in [7, 11) is 0. The molecule has 1 saturated heterocycles. The third kappa shape index (κ3) is 3.18. The van der Waals surface area contributed by atoms with E-state index in [4.69, 9.17) is 0 Å². The van der Waals surface area contributed by atoms with E-state index in [9.17, 15) is 9.18 Å². The van der Waals surface area contributed by atoms with Crippen LogP contribution < -0.4 is 10.6 Å². The third-order valence-electron chi connectivity index (χ3n) is 2.52. The molecule has 1 amide bonds. The molecule has 0 atom stereocenters. The van der Waals surface area contributed by atoms with Gasteiger partial charge in [-0.1, -0.05) is 0 Å². The van der Waals surface area contributed by atoms with Crippen LogP contribution in [0.3, 0.4) is 0 Å². The van der Waals surface area contributed by atoms with Crippen LogP contribution in [-0.2, 0) is 0 Å². The van der Waals surface area contributed by atoms with Crippen molar-refractivity contribution in [2.75, 3.05) is 19.6 Å². The van der Waals surface area contributed by atoms with Gasteiger partial charge in [0.15, 0.2) is 0 Å². The van der Waals surface area contributed by atoms with E-state index in [0.29, 0.717) is 18.0 Å². The number of carbonyl (C=O) groups excluding carboxylic acids is 1. The highest BCUT2D eigenvalue weighted by atomic mass is 35.5. The summed E-state index contributed by atoms with van der Waals surface area (Å²) in [5.74, 6) is 0.0750. The number of benzene rings is 1. The average Bonchev–Trinajstić information content (AvgIpc) is 2.16. The first-order valence-corrected chi connectivity index (χ1v) is 5.00. The Bertz CT molecular complexity index is 352. The molecule has 88 valence electrons. The minimum atomic E-state index is -0.324. The summed E-state index contributed by atoms with van der Waals surface area (Å²) in [5.41, 5.74) is 0.503. The molecule has 1 aliphatic rings. The first-order chi connectivity index (χ1) is 7.25. The second-order valence-electron chi connectivity index (χ2n) is 3.74. The quantitative estimate of drug-likeness (QED) is 0.839. The fraction of sp³-hybridized carbons (Fsp3) is 0.364. The van der Waals surface area contributed by atoms with Gasteiger partial charge < -0.3 is 10.6 Å². The van der Waals surface area contributed by atoms with Gasteiger partial charge in [0.1, 0.15) is 5.82 Å². The number of amides is 1. The van der Waals surface area contributed by atoms with Crippen LogP contribution in [0.2, 0.25) is 0 Å². The smallest absolute Gasteiger partial charge is 0.251 e. The maximum absolute atomic E-state index is 12.6. The lowest BCUT2D eigenvalue weighted by Crippen LogP contribution is -2.48. The number of hydrogen-bond acceptors (Lipinski definition) is 2. The predicted molar refractivity (Wildman–Crippen MR) is 62.3 cm³/mol. The molecule has 3 nitrogen and oxygen atoms in total. The van der Waals surface area contributed by atoms with E-state index in [-0.39, 0.29) is 24.1 Å². The van der Waals surface area contributed by atoms with Crippen LogP contribution in [-0.4, -0.2) is 25.5 Å². The lowest BCUT2D eigenvalue weighted by molar-refractivity contribution is 0.0942. The summed E-state index contributed by atoms with van der Waals surface area (Å²) in [4.78, 5) is 11.5. The van der Waals surface area contributed by atoms with Crippen LogP contribution in [0.5, 0.6) is 0 Å². The van der Waals surface area contributed by atoms with E-state index in [0.717, 1.165) is 13.1 Å². The van der Waals surface area contributed by atoms with Gasteiger partial charge in [-0.2, -0.15) is 0 Å². The van der Waals surface area contributed by atoms with Gasteiger partial charge in [0, 0.05) is 31.1 Å². The Balaban J connectivity index is 0.00000128. The molecule has 0 unspecified atom stereocenters. The van der Waals surface area contributed by atoms with Gasteiger partial charge >= 0.3 is 0 Å². The molecular formula is C11H14ClFN2O. The number of halogens is 2. The first kappa shape index (κ1) is 12.9. The first-order valence-electron chi connectivity index (χ1n) is 5.00. The Morgan fingerprint density at radius 1 is 1.38 bits per heavy atom. The Morgan fingerprint density at radius 2 is 2.00 bits per heavy atom. The van der Waals surface area contributed by atoms with Crippen molar-refractivity contribution in [2.24, 2.45) is 5.92 Å². The molecule has 1 aliphatic heterocycles. The van der Waals surface area contributed by atoms with E-state index >= 15 is 0 Å². The van der Waals surface area contributed by atoms with Crippen molar-refractivity contribution in [3.63, 3.8) is 0 Å². The van der Waals surface area contributed by atoms with Crippen LogP contribution in [0, 0.1) is 11.7 Å². The van der Waals surface area contributed by atoms with Gasteiger partial charge in [-0.3, -0.25) is 4.79 Å². The molecule has 16 heavy (non-hydrogen) atoms. The molecule has 0 saturated carbocycles. The molecule has 2 N–H and O–H groups in total. The van der Waals surface area contributed by atoms with Gasteiger partial charge in [0.25, 0.3) is 5.91 Å². The van der Waals surface area contributed by atoms with Crippen molar-refractivity contribution >= 4 is 18.3 Å². The zero-order valence-corrected chi connectivity index (χ0v) is 9.52. The van der Waals surface area contributed by atoms with Crippen molar-refractivity contribution < 1.29 is 9.18 Å². The Kier molecular flexibility index (Phi) is 4.71. The molecule has 5 heteroatoms. The van der Waals surface area contributed by atoms with Gasteiger partial charge in [0.05, 0.1) is 0 Å². The predicted octanol–water partition coefficient (Wildman–Crippen LogP) is 1.20. The van der Waals surface area contributed by atoms with E-state index in [1.807, 2.05) is 0 Å². The Hall–Kier alpha value is -1.13. The molecule has 2 rings (SSSR count). The molecular weight excluding hydrogens is 231 g/mol. The molecule has 0 aliphatic carbocycles. The zero-order valence-electron chi connectivity index (χ0n) is 8.70. The van der Waals surface area contributed by atoms with Gasteiger partial charge in [-0.25, -0.2) is 4.39 Å². The van der Waals surface area contributed by atoms with Gasteiger partial charge in [-0.05, 0) is 24.3 Å². The van der Waals surface area contributed by atoms with E-state index < -0.39 is 0 Å². The summed E-state index contributed by atoms with van der Waals surface area (Å²) in [6.45, 7) is 2.61. The van der Waals surface area contributed by atoms with Crippen LogP contribution in [0.25, 0.3) is 0 Å². The van der Waals surface area contributed by atoms with Gasteiger partial charge in [-0.15, -0.1) is 12.4 Å². The molecule has 1 aromatic carbocycles. The monoisotopic (exact) mass is 244 g/mol. The molecule has 1 heterocycles. The summed E-state index contributed by atoms with van der Waals surface area (Å²) in [6, 6.07) is 5.56. The van der Waals surface area contributed by atoms with Crippen molar-refractivity contribution in [2.45, 2.75) is 0 Å². The number of hydrogen-bond donors (Lipinski definition) is 2. The molecule has 1 aromatic rings. The minimum Gasteiger partial charge on any atom is -0.352 e. The van der Waals surface area contributed by atoms with Crippen molar-refractivity contribution in [3.05, 3.63) is 35.6 Å². The SMILES string of the molecule is Cl.O=C(NCC1CNC1)c1ccc(F)cc1. The molecule has 0 bridgehead atoms. The molecule has 0 radical (unpaired) electrons. The number of carbonyl (C=O) groups is 1. The third-order valence-corrected chi connectivity index (χ3v) is 2.52. The minimum absolute atomic E-state index is 0. The summed E-state index contributed by atoms with van der Waals surface area (Å²) < 4.78 is 12.6. The molecule has 1 fully saturated rings. The summed E-state index contributed by atoms with van der Waals surface area (Å²) >= 11 is 0. The Morgan fingerprint density at radius 3 is 2.50 bits per heavy atom. The van der Waals surface area contributed by atoms with Crippen molar-refractivity contribution in [1.82, 2.24) is 10.6 Å². The second kappa shape index (κ2) is 5.82. The average molecular weight is 245 g/mol. The van der Waals surface area contributed by atoms with E-state index in [1.54, 1.807) is 0 Å². The fourth-order valence-electron chi connectivity index (χ4n) is 1.43. The highest BCUT2D eigenvalue weighted by Gasteiger charge is 2.17. The van der Waals surface area contributed by atoms with Crippen LogP contribution in [0.15, 0.2) is 24.3 Å². The van der Waals surface area contributed by atoms with Crippen molar-refractivity contribution in [1.29, 1.82) is 0 Å². The highest BCUT2D eigenvalue weighted by molar-refractivity contribution is 5.94. The normalized spacial score (nSPS) is 14.8. The maximum atomic E-state index is 12.6. The van der Waals surface area contributed by atoms with E-state index in [1.165, 1.54) is 24.3 Å². The van der Waals surface area contributed by atoms with Crippen molar-refractivity contribution in [3.8, 4) is 0 Å². The van der Waals surface area contributed by atoms with Gasteiger partial charge in [0.2, 0.25) is 0 Å². The lowest BCUT2D eigenvalue weighted by atomic mass is 10.0. The lowest BCUT2D eigenvalue weighted by Gasteiger charge is -2.27. The van der Waals surface area contributed by atoms with Crippen LogP contribution in [0.4, 0.5) is 4.39 Å². The van der Waals surface area contributed by atoms with Crippen LogP contribution in [0.1, 0.15) is 10.4 Å². The molecule has 0 aromatic heterocycles. The fourth-order valence-corrected chi connectivity index (χ4v) is 1.43. The largest absolute Gasteiger partial charge is 0.352 e. The Labute approximate surface area is 99.8 Å².